The van der Waals surface area contributed by atoms with Crippen molar-refractivity contribution >= 4 is 10.8 Å². The molecule has 2 rings (SSSR count). The summed E-state index contributed by atoms with van der Waals surface area (Å²) in [5, 5.41) is 6.01. The Morgan fingerprint density at radius 1 is 1.11 bits per heavy atom. The van der Waals surface area contributed by atoms with E-state index in [9.17, 15) is 0 Å². The molecule has 96 valence electrons. The van der Waals surface area contributed by atoms with Gasteiger partial charge in [0.15, 0.2) is 0 Å². The van der Waals surface area contributed by atoms with Crippen molar-refractivity contribution in [1.82, 2.24) is 5.32 Å². The minimum Gasteiger partial charge on any atom is -0.330 e. The molecular formula is C16H22N2. The lowest BCUT2D eigenvalue weighted by atomic mass is 9.91. The van der Waals surface area contributed by atoms with Crippen molar-refractivity contribution in [2.75, 3.05) is 13.6 Å². The Balaban J connectivity index is 2.33. The summed E-state index contributed by atoms with van der Waals surface area (Å²) in [6.07, 6.45) is 1.04. The van der Waals surface area contributed by atoms with Gasteiger partial charge in [0.1, 0.15) is 0 Å². The number of hydrogen-bond donors (Lipinski definition) is 2. The molecule has 0 spiro atoms. The molecule has 0 aromatic heterocycles. The first-order valence-corrected chi connectivity index (χ1v) is 6.62. The fraction of sp³-hybridized carbons (Fsp3) is 0.375. The van der Waals surface area contributed by atoms with Gasteiger partial charge in [0.05, 0.1) is 0 Å². The maximum absolute atomic E-state index is 5.66. The molecule has 0 aliphatic carbocycles. The largest absolute Gasteiger partial charge is 0.330 e. The molecule has 2 aromatic rings. The third kappa shape index (κ3) is 2.71. The summed E-state index contributed by atoms with van der Waals surface area (Å²) in [6, 6.07) is 15.6. The maximum atomic E-state index is 5.66. The van der Waals surface area contributed by atoms with Gasteiger partial charge in [-0.2, -0.15) is 0 Å². The average Bonchev–Trinajstić information content (AvgIpc) is 2.40. The second-order valence-electron chi connectivity index (χ2n) is 4.93. The van der Waals surface area contributed by atoms with Crippen molar-refractivity contribution in [3.05, 3.63) is 48.0 Å². The second-order valence-corrected chi connectivity index (χ2v) is 4.93. The molecule has 0 radical (unpaired) electrons. The first-order valence-electron chi connectivity index (χ1n) is 6.62. The molecule has 0 amide bonds. The molecule has 0 fully saturated rings. The smallest absolute Gasteiger partial charge is 0.0344 e. The monoisotopic (exact) mass is 242 g/mol. The van der Waals surface area contributed by atoms with Crippen LogP contribution in [0.2, 0.25) is 0 Å². The zero-order valence-corrected chi connectivity index (χ0v) is 11.2. The summed E-state index contributed by atoms with van der Waals surface area (Å²) in [4.78, 5) is 0. The van der Waals surface area contributed by atoms with E-state index in [2.05, 4.69) is 54.7 Å². The molecule has 2 unspecified atom stereocenters. The van der Waals surface area contributed by atoms with Crippen LogP contribution in [0, 0.1) is 5.92 Å². The zero-order chi connectivity index (χ0) is 13.0. The van der Waals surface area contributed by atoms with E-state index >= 15 is 0 Å². The summed E-state index contributed by atoms with van der Waals surface area (Å²) in [7, 11) is 2.02. The number of benzene rings is 2. The van der Waals surface area contributed by atoms with E-state index in [1.54, 1.807) is 0 Å². The zero-order valence-electron chi connectivity index (χ0n) is 11.2. The van der Waals surface area contributed by atoms with Crippen LogP contribution in [0.4, 0.5) is 0 Å². The van der Waals surface area contributed by atoms with Gasteiger partial charge in [0, 0.05) is 6.04 Å². The van der Waals surface area contributed by atoms with Gasteiger partial charge in [0.2, 0.25) is 0 Å². The normalized spacial score (nSPS) is 14.6. The van der Waals surface area contributed by atoms with E-state index < -0.39 is 0 Å². The predicted octanol–water partition coefficient (Wildman–Crippen LogP) is 3.09. The quantitative estimate of drug-likeness (QED) is 0.845. The molecule has 0 bridgehead atoms. The van der Waals surface area contributed by atoms with Crippen molar-refractivity contribution in [3.63, 3.8) is 0 Å². The number of hydrogen-bond acceptors (Lipinski definition) is 2. The van der Waals surface area contributed by atoms with E-state index in [-0.39, 0.29) is 0 Å². The van der Waals surface area contributed by atoms with Crippen LogP contribution >= 0.6 is 0 Å². The lowest BCUT2D eigenvalue weighted by Gasteiger charge is -2.24. The van der Waals surface area contributed by atoms with Crippen LogP contribution in [0.3, 0.4) is 0 Å². The molecule has 2 heteroatoms. The standard InChI is InChI=1S/C16H22N2/c1-12(9-10-17)16(18-2)15-8-7-13-5-3-4-6-14(13)11-15/h3-8,11-12,16,18H,9-10,17H2,1-2H3. The van der Waals surface area contributed by atoms with Gasteiger partial charge in [-0.15, -0.1) is 0 Å². The topological polar surface area (TPSA) is 38.0 Å². The number of nitrogens with one attached hydrogen (secondary N) is 1. The molecule has 2 atom stereocenters. The lowest BCUT2D eigenvalue weighted by molar-refractivity contribution is 0.392. The first kappa shape index (κ1) is 13.1. The molecule has 0 aliphatic rings. The van der Waals surface area contributed by atoms with E-state index in [4.69, 9.17) is 5.73 Å². The van der Waals surface area contributed by atoms with Crippen LogP contribution in [-0.4, -0.2) is 13.6 Å². The fourth-order valence-electron chi connectivity index (χ4n) is 2.61. The van der Waals surface area contributed by atoms with Gasteiger partial charge < -0.3 is 11.1 Å². The van der Waals surface area contributed by atoms with Gasteiger partial charge in [0.25, 0.3) is 0 Å². The minimum atomic E-state index is 0.373. The lowest BCUT2D eigenvalue weighted by Crippen LogP contribution is -2.25. The Hall–Kier alpha value is -1.38. The highest BCUT2D eigenvalue weighted by molar-refractivity contribution is 5.83. The highest BCUT2D eigenvalue weighted by Crippen LogP contribution is 2.26. The SMILES string of the molecule is CNC(c1ccc2ccccc2c1)C(C)CCN. The summed E-state index contributed by atoms with van der Waals surface area (Å²) in [5.41, 5.74) is 7.01. The Morgan fingerprint density at radius 2 is 1.83 bits per heavy atom. The van der Waals surface area contributed by atoms with Crippen molar-refractivity contribution in [2.45, 2.75) is 19.4 Å². The van der Waals surface area contributed by atoms with E-state index in [0.717, 1.165) is 13.0 Å². The summed E-state index contributed by atoms with van der Waals surface area (Å²) < 4.78 is 0. The molecule has 0 saturated heterocycles. The van der Waals surface area contributed by atoms with Crippen LogP contribution in [0.25, 0.3) is 10.8 Å². The third-order valence-electron chi connectivity index (χ3n) is 3.63. The molecule has 0 saturated carbocycles. The van der Waals surface area contributed by atoms with E-state index in [0.29, 0.717) is 12.0 Å². The summed E-state index contributed by atoms with van der Waals surface area (Å²) >= 11 is 0. The van der Waals surface area contributed by atoms with Crippen LogP contribution in [0.15, 0.2) is 42.5 Å². The van der Waals surface area contributed by atoms with Crippen molar-refractivity contribution in [3.8, 4) is 0 Å². The van der Waals surface area contributed by atoms with E-state index in [1.165, 1.54) is 16.3 Å². The Morgan fingerprint density at radius 3 is 2.50 bits per heavy atom. The van der Waals surface area contributed by atoms with Crippen molar-refractivity contribution in [1.29, 1.82) is 0 Å². The fourth-order valence-corrected chi connectivity index (χ4v) is 2.61. The molecule has 0 heterocycles. The van der Waals surface area contributed by atoms with Crippen LogP contribution in [0.1, 0.15) is 24.9 Å². The van der Waals surface area contributed by atoms with Gasteiger partial charge in [-0.05, 0) is 48.3 Å². The minimum absolute atomic E-state index is 0.373. The molecule has 2 nitrogen and oxygen atoms in total. The van der Waals surface area contributed by atoms with Crippen LogP contribution in [0.5, 0.6) is 0 Å². The molecular weight excluding hydrogens is 220 g/mol. The van der Waals surface area contributed by atoms with Gasteiger partial charge in [-0.3, -0.25) is 0 Å². The number of fused-ring (bicyclic) bond motifs is 1. The van der Waals surface area contributed by atoms with E-state index in [1.807, 2.05) is 7.05 Å². The third-order valence-corrected chi connectivity index (χ3v) is 3.63. The Labute approximate surface area is 109 Å². The van der Waals surface area contributed by atoms with Gasteiger partial charge >= 0.3 is 0 Å². The second kappa shape index (κ2) is 5.98. The molecule has 3 N–H and O–H groups in total. The highest BCUT2D eigenvalue weighted by atomic mass is 14.9. The van der Waals surface area contributed by atoms with Gasteiger partial charge in [-0.25, -0.2) is 0 Å². The Bertz CT molecular complexity index is 507. The molecule has 18 heavy (non-hydrogen) atoms. The number of nitrogens with two attached hydrogens (primary N) is 1. The van der Waals surface area contributed by atoms with Crippen LogP contribution in [-0.2, 0) is 0 Å². The highest BCUT2D eigenvalue weighted by Gasteiger charge is 2.16. The van der Waals surface area contributed by atoms with Crippen molar-refractivity contribution in [2.24, 2.45) is 11.7 Å². The summed E-state index contributed by atoms with van der Waals surface area (Å²) in [6.45, 7) is 3.00. The average molecular weight is 242 g/mol. The Kier molecular flexibility index (Phi) is 4.34. The maximum Gasteiger partial charge on any atom is 0.0344 e. The molecule has 2 aromatic carbocycles. The molecule has 0 aliphatic heterocycles. The van der Waals surface area contributed by atoms with Crippen molar-refractivity contribution < 1.29 is 0 Å². The summed E-state index contributed by atoms with van der Waals surface area (Å²) in [5.74, 6) is 0.543. The first-order chi connectivity index (χ1) is 8.76. The predicted molar refractivity (Wildman–Crippen MR) is 78.6 cm³/mol. The number of rotatable bonds is 5. The van der Waals surface area contributed by atoms with Crippen LogP contribution < -0.4 is 11.1 Å². The van der Waals surface area contributed by atoms with Gasteiger partial charge in [-0.1, -0.05) is 43.3 Å².